The predicted octanol–water partition coefficient (Wildman–Crippen LogP) is 3.87. The van der Waals surface area contributed by atoms with Crippen LogP contribution in [0, 0.1) is 11.8 Å². The molecular weight excluding hydrogens is 336 g/mol. The van der Waals surface area contributed by atoms with Gasteiger partial charge in [-0.3, -0.25) is 4.79 Å². The minimum absolute atomic E-state index is 0.00546. The van der Waals surface area contributed by atoms with Crippen LogP contribution in [0.25, 0.3) is 0 Å². The molecule has 5 nitrogen and oxygen atoms in total. The number of hydrogen-bond donors (Lipinski definition) is 0. The van der Waals surface area contributed by atoms with Crippen molar-refractivity contribution < 1.29 is 23.4 Å². The molecule has 1 aliphatic carbocycles. The molecule has 2 heterocycles. The van der Waals surface area contributed by atoms with E-state index in [1.54, 1.807) is 0 Å². The molecule has 0 aromatic rings. The Hall–Kier alpha value is -0.433. The highest BCUT2D eigenvalue weighted by molar-refractivity contribution is 6.74. The van der Waals surface area contributed by atoms with E-state index in [-0.39, 0.29) is 41.3 Å². The van der Waals surface area contributed by atoms with Gasteiger partial charge in [0.05, 0.1) is 12.5 Å². The third kappa shape index (κ3) is 4.29. The number of esters is 1. The average Bonchev–Trinajstić information content (AvgIpc) is 3.01. The molecule has 0 N–H and O–H groups in total. The van der Waals surface area contributed by atoms with Gasteiger partial charge >= 0.3 is 5.97 Å². The molecule has 0 aromatic carbocycles. The lowest BCUT2D eigenvalue weighted by molar-refractivity contribution is -0.198. The molecule has 3 fully saturated rings. The number of ether oxygens (including phenoxy) is 3. The number of fused-ring (bicyclic) bond motifs is 1. The van der Waals surface area contributed by atoms with Crippen molar-refractivity contribution in [1.82, 2.24) is 0 Å². The summed E-state index contributed by atoms with van der Waals surface area (Å²) in [5, 5.41) is 0.176. The minimum atomic E-state index is -1.83. The standard InChI is InChI=1S/C19H34O5Si/c1-19(2,3)25(4,5)22-12-14-13-10-17(20)23-15(13)11-16(14)24-18-8-6-7-9-21-18/h13-16,18H,6-12H2,1-5H3/t13-,14-,15?,16-,18?/m1/s1. The van der Waals surface area contributed by atoms with Gasteiger partial charge in [0.1, 0.15) is 6.10 Å². The first-order valence-corrected chi connectivity index (χ1v) is 12.7. The van der Waals surface area contributed by atoms with Crippen LogP contribution in [-0.2, 0) is 23.4 Å². The Morgan fingerprint density at radius 2 is 2.00 bits per heavy atom. The zero-order valence-electron chi connectivity index (χ0n) is 16.4. The maximum atomic E-state index is 11.7. The second-order valence-electron chi connectivity index (χ2n) is 9.34. The van der Waals surface area contributed by atoms with Gasteiger partial charge in [0.2, 0.25) is 0 Å². The lowest BCUT2D eigenvalue weighted by atomic mass is 9.93. The first-order chi connectivity index (χ1) is 11.7. The van der Waals surface area contributed by atoms with Crippen LogP contribution in [0.15, 0.2) is 0 Å². The molecule has 3 rings (SSSR count). The van der Waals surface area contributed by atoms with Crippen LogP contribution < -0.4 is 0 Å². The smallest absolute Gasteiger partial charge is 0.306 e. The Morgan fingerprint density at radius 1 is 1.24 bits per heavy atom. The lowest BCUT2D eigenvalue weighted by Gasteiger charge is -2.38. The van der Waals surface area contributed by atoms with E-state index in [4.69, 9.17) is 18.6 Å². The van der Waals surface area contributed by atoms with Crippen molar-refractivity contribution in [1.29, 1.82) is 0 Å². The molecule has 1 saturated carbocycles. The highest BCUT2D eigenvalue weighted by Crippen LogP contribution is 2.45. The summed E-state index contributed by atoms with van der Waals surface area (Å²) in [7, 11) is -1.83. The average molecular weight is 371 g/mol. The van der Waals surface area contributed by atoms with Crippen molar-refractivity contribution in [3.05, 3.63) is 0 Å². The van der Waals surface area contributed by atoms with Gasteiger partial charge in [-0.25, -0.2) is 0 Å². The Labute approximate surface area is 152 Å². The molecular formula is C19H34O5Si. The second kappa shape index (κ2) is 7.29. The summed E-state index contributed by atoms with van der Waals surface area (Å²) in [6, 6.07) is 0. The molecule has 0 bridgehead atoms. The van der Waals surface area contributed by atoms with E-state index in [9.17, 15) is 4.79 Å². The van der Waals surface area contributed by atoms with E-state index in [2.05, 4.69) is 33.9 Å². The van der Waals surface area contributed by atoms with Gasteiger partial charge in [-0.15, -0.1) is 0 Å². The van der Waals surface area contributed by atoms with E-state index in [1.165, 1.54) is 0 Å². The quantitative estimate of drug-likeness (QED) is 0.543. The molecule has 6 heteroatoms. The molecule has 2 aliphatic heterocycles. The Morgan fingerprint density at radius 3 is 2.64 bits per heavy atom. The maximum Gasteiger partial charge on any atom is 0.306 e. The number of carbonyl (C=O) groups excluding carboxylic acids is 1. The SMILES string of the molecule is CC(C)(C)[Si](C)(C)OC[C@H]1[C@H](OC2CCCCO2)CC2OC(=O)C[C@@H]21. The molecule has 0 amide bonds. The molecule has 144 valence electrons. The van der Waals surface area contributed by atoms with Crippen molar-refractivity contribution in [3.63, 3.8) is 0 Å². The van der Waals surface area contributed by atoms with Gasteiger partial charge in [-0.1, -0.05) is 20.8 Å². The third-order valence-electron chi connectivity index (χ3n) is 6.56. The lowest BCUT2D eigenvalue weighted by Crippen LogP contribution is -2.44. The van der Waals surface area contributed by atoms with Crippen molar-refractivity contribution in [2.75, 3.05) is 13.2 Å². The van der Waals surface area contributed by atoms with Crippen molar-refractivity contribution in [3.8, 4) is 0 Å². The van der Waals surface area contributed by atoms with Crippen molar-refractivity contribution >= 4 is 14.3 Å². The van der Waals surface area contributed by atoms with Gasteiger partial charge in [0.15, 0.2) is 14.6 Å². The van der Waals surface area contributed by atoms with Gasteiger partial charge in [0, 0.05) is 31.5 Å². The fourth-order valence-corrected chi connectivity index (χ4v) is 4.92. The largest absolute Gasteiger partial charge is 0.462 e. The van der Waals surface area contributed by atoms with Crippen LogP contribution in [0.2, 0.25) is 18.1 Å². The fraction of sp³-hybridized carbons (Fsp3) is 0.947. The first kappa shape index (κ1) is 19.3. The first-order valence-electron chi connectivity index (χ1n) is 9.78. The summed E-state index contributed by atoms with van der Waals surface area (Å²) in [4.78, 5) is 11.7. The van der Waals surface area contributed by atoms with Crippen LogP contribution in [0.3, 0.4) is 0 Å². The Balaban J connectivity index is 1.66. The molecule has 2 unspecified atom stereocenters. The number of hydrogen-bond acceptors (Lipinski definition) is 5. The van der Waals surface area contributed by atoms with E-state index in [1.807, 2.05) is 0 Å². The van der Waals surface area contributed by atoms with E-state index < -0.39 is 8.32 Å². The third-order valence-corrected chi connectivity index (χ3v) is 11.1. The number of carbonyl (C=O) groups is 1. The van der Waals surface area contributed by atoms with Crippen LogP contribution in [0.5, 0.6) is 0 Å². The van der Waals surface area contributed by atoms with Crippen molar-refractivity contribution in [2.24, 2.45) is 11.8 Å². The molecule has 3 aliphatic rings. The summed E-state index contributed by atoms with van der Waals surface area (Å²) in [5.41, 5.74) is 0. The molecule has 5 atom stereocenters. The Bertz CT molecular complexity index is 481. The van der Waals surface area contributed by atoms with Gasteiger partial charge in [-0.05, 0) is 37.4 Å². The second-order valence-corrected chi connectivity index (χ2v) is 14.1. The molecule has 2 saturated heterocycles. The summed E-state index contributed by atoms with van der Waals surface area (Å²) in [5.74, 6) is 0.377. The predicted molar refractivity (Wildman–Crippen MR) is 97.7 cm³/mol. The zero-order chi connectivity index (χ0) is 18.2. The van der Waals surface area contributed by atoms with Crippen LogP contribution >= 0.6 is 0 Å². The van der Waals surface area contributed by atoms with E-state index in [0.29, 0.717) is 13.0 Å². The highest BCUT2D eigenvalue weighted by atomic mass is 28.4. The highest BCUT2D eigenvalue weighted by Gasteiger charge is 2.52. The van der Waals surface area contributed by atoms with Crippen molar-refractivity contribution in [2.45, 2.75) is 89.5 Å². The van der Waals surface area contributed by atoms with Gasteiger partial charge in [-0.2, -0.15) is 0 Å². The van der Waals surface area contributed by atoms with Gasteiger partial charge in [0.25, 0.3) is 0 Å². The molecule has 25 heavy (non-hydrogen) atoms. The number of rotatable bonds is 5. The fourth-order valence-electron chi connectivity index (χ4n) is 3.88. The summed E-state index contributed by atoms with van der Waals surface area (Å²) >= 11 is 0. The summed E-state index contributed by atoms with van der Waals surface area (Å²) < 4.78 is 24.1. The van der Waals surface area contributed by atoms with E-state index in [0.717, 1.165) is 32.3 Å². The maximum absolute atomic E-state index is 11.7. The van der Waals surface area contributed by atoms with E-state index >= 15 is 0 Å². The minimum Gasteiger partial charge on any atom is -0.462 e. The normalized spacial score (nSPS) is 36.4. The Kier molecular flexibility index (Phi) is 5.64. The molecule has 0 radical (unpaired) electrons. The van der Waals surface area contributed by atoms with Crippen LogP contribution in [-0.4, -0.2) is 46.0 Å². The van der Waals surface area contributed by atoms with Crippen LogP contribution in [0.1, 0.15) is 52.9 Å². The molecule has 0 aromatic heterocycles. The summed E-state index contributed by atoms with van der Waals surface area (Å²) in [6.07, 6.45) is 4.47. The summed E-state index contributed by atoms with van der Waals surface area (Å²) in [6.45, 7) is 12.7. The van der Waals surface area contributed by atoms with Gasteiger partial charge < -0.3 is 18.6 Å². The van der Waals surface area contributed by atoms with Crippen LogP contribution in [0.4, 0.5) is 0 Å². The topological polar surface area (TPSA) is 54.0 Å². The monoisotopic (exact) mass is 370 g/mol. The zero-order valence-corrected chi connectivity index (χ0v) is 17.4. The molecule has 0 spiro atoms.